The number of rotatable bonds is 6. The van der Waals surface area contributed by atoms with Crippen LogP contribution in [0, 0.1) is 25.7 Å². The highest BCUT2D eigenvalue weighted by atomic mass is 16.5. The maximum Gasteiger partial charge on any atom is 0.250 e. The summed E-state index contributed by atoms with van der Waals surface area (Å²) in [7, 11) is 1.55. The van der Waals surface area contributed by atoms with E-state index < -0.39 is 23.5 Å². The first-order valence-corrected chi connectivity index (χ1v) is 10.5. The van der Waals surface area contributed by atoms with E-state index in [9.17, 15) is 19.5 Å². The Morgan fingerprint density at radius 2 is 1.97 bits per heavy atom. The van der Waals surface area contributed by atoms with Crippen molar-refractivity contribution in [3.05, 3.63) is 29.3 Å². The van der Waals surface area contributed by atoms with Gasteiger partial charge in [0.05, 0.1) is 17.9 Å². The van der Waals surface area contributed by atoms with Crippen LogP contribution < -0.4 is 10.6 Å². The zero-order chi connectivity index (χ0) is 21.6. The van der Waals surface area contributed by atoms with Gasteiger partial charge in [-0.15, -0.1) is 0 Å². The molecule has 0 radical (unpaired) electrons. The van der Waals surface area contributed by atoms with E-state index in [1.54, 1.807) is 7.05 Å². The molecule has 1 aromatic rings. The second kappa shape index (κ2) is 7.67. The lowest BCUT2D eigenvalue weighted by Crippen LogP contribution is -2.53. The summed E-state index contributed by atoms with van der Waals surface area (Å²) in [4.78, 5) is 41.1. The third kappa shape index (κ3) is 2.93. The Morgan fingerprint density at radius 3 is 2.60 bits per heavy atom. The lowest BCUT2D eigenvalue weighted by Gasteiger charge is -2.33. The monoisotopic (exact) mass is 415 g/mol. The first-order valence-electron chi connectivity index (χ1n) is 10.5. The van der Waals surface area contributed by atoms with Crippen LogP contribution in [0.1, 0.15) is 30.4 Å². The van der Waals surface area contributed by atoms with E-state index in [1.807, 2.05) is 32.0 Å². The number of carbonyl (C=O) groups excluding carboxylic acids is 3. The van der Waals surface area contributed by atoms with Crippen LogP contribution in [-0.4, -0.2) is 65.7 Å². The van der Waals surface area contributed by atoms with Gasteiger partial charge in [0.2, 0.25) is 17.7 Å². The molecule has 3 aliphatic rings. The minimum absolute atomic E-state index is 0.0882. The quantitative estimate of drug-likeness (QED) is 0.635. The van der Waals surface area contributed by atoms with Crippen LogP contribution in [0.3, 0.4) is 0 Å². The molecule has 0 aliphatic carbocycles. The van der Waals surface area contributed by atoms with Gasteiger partial charge in [-0.1, -0.05) is 18.2 Å². The fraction of sp³-hybridized carbons (Fsp3) is 0.591. The van der Waals surface area contributed by atoms with E-state index in [4.69, 9.17) is 4.74 Å². The lowest BCUT2D eigenvalue weighted by atomic mass is 9.70. The molecule has 1 aromatic carbocycles. The number of nitrogens with zero attached hydrogens (tertiary/aromatic N) is 1. The number of aliphatic hydroxyl groups excluding tert-OH is 1. The number of benzene rings is 1. The minimum Gasteiger partial charge on any atom is -0.396 e. The molecule has 4 rings (SSSR count). The van der Waals surface area contributed by atoms with Crippen LogP contribution in [0.5, 0.6) is 0 Å². The number of amides is 3. The summed E-state index contributed by atoms with van der Waals surface area (Å²) >= 11 is 0. The fourth-order valence-electron chi connectivity index (χ4n) is 5.61. The van der Waals surface area contributed by atoms with Crippen LogP contribution in [0.4, 0.5) is 5.69 Å². The van der Waals surface area contributed by atoms with Crippen LogP contribution in [-0.2, 0) is 19.1 Å². The van der Waals surface area contributed by atoms with Gasteiger partial charge < -0.3 is 25.4 Å². The molecule has 0 saturated carbocycles. The fourth-order valence-corrected chi connectivity index (χ4v) is 5.61. The Bertz CT molecular complexity index is 867. The number of aliphatic hydroxyl groups is 1. The third-order valence-electron chi connectivity index (χ3n) is 6.88. The highest BCUT2D eigenvalue weighted by Gasteiger charge is 2.74. The maximum atomic E-state index is 13.6. The molecule has 2 unspecified atom stereocenters. The topological polar surface area (TPSA) is 108 Å². The van der Waals surface area contributed by atoms with Crippen molar-refractivity contribution in [2.45, 2.75) is 50.9 Å². The molecular formula is C22H29N3O5. The van der Waals surface area contributed by atoms with Crippen molar-refractivity contribution in [3.63, 3.8) is 0 Å². The summed E-state index contributed by atoms with van der Waals surface area (Å²) in [6, 6.07) is 4.94. The van der Waals surface area contributed by atoms with Crippen molar-refractivity contribution in [2.75, 3.05) is 25.5 Å². The molecular weight excluding hydrogens is 386 g/mol. The van der Waals surface area contributed by atoms with Crippen LogP contribution in [0.25, 0.3) is 0 Å². The Balaban J connectivity index is 1.72. The van der Waals surface area contributed by atoms with Gasteiger partial charge in [-0.25, -0.2) is 0 Å². The van der Waals surface area contributed by atoms with Gasteiger partial charge in [-0.2, -0.15) is 0 Å². The molecule has 3 fully saturated rings. The molecule has 30 heavy (non-hydrogen) atoms. The predicted octanol–water partition coefficient (Wildman–Crippen LogP) is 0.745. The van der Waals surface area contributed by atoms with Crippen LogP contribution in [0.15, 0.2) is 18.2 Å². The Hall–Kier alpha value is -2.45. The molecule has 2 bridgehead atoms. The molecule has 8 heteroatoms. The third-order valence-corrected chi connectivity index (χ3v) is 6.88. The summed E-state index contributed by atoms with van der Waals surface area (Å²) in [5.41, 5.74) is 1.59. The summed E-state index contributed by atoms with van der Waals surface area (Å²) in [6.45, 7) is 4.00. The average Bonchev–Trinajstić information content (AvgIpc) is 3.36. The summed E-state index contributed by atoms with van der Waals surface area (Å²) < 4.78 is 6.29. The number of carbonyl (C=O) groups is 3. The first-order chi connectivity index (χ1) is 14.4. The number of para-hydroxylation sites is 1. The Morgan fingerprint density at radius 1 is 1.27 bits per heavy atom. The zero-order valence-corrected chi connectivity index (χ0v) is 17.6. The standard InChI is InChI=1S/C22H29N3O5/c1-12-6-4-7-13(2)17(12)24-20(28)18-22-9-8-14(30-22)15(19(27)23-3)16(22)21(29)25(18)10-5-11-26/h4,6-7,14-16,18,26H,5,8-11H2,1-3H3,(H,23,27)(H,24,28)/t14-,15+,16-,18?,22?/m0/s1. The Labute approximate surface area is 176 Å². The van der Waals surface area contributed by atoms with Crippen LogP contribution in [0.2, 0.25) is 0 Å². The number of anilines is 1. The van der Waals surface area contributed by atoms with Crippen molar-refractivity contribution in [1.82, 2.24) is 10.2 Å². The van der Waals surface area contributed by atoms with E-state index in [2.05, 4.69) is 10.6 Å². The molecule has 5 atom stereocenters. The zero-order valence-electron chi connectivity index (χ0n) is 17.6. The number of likely N-dealkylation sites (tertiary alicyclic amines) is 1. The van der Waals surface area contributed by atoms with Gasteiger partial charge in [0.1, 0.15) is 11.6 Å². The smallest absolute Gasteiger partial charge is 0.250 e. The summed E-state index contributed by atoms with van der Waals surface area (Å²) in [5.74, 6) is -2.03. The number of fused-ring (bicyclic) bond motifs is 1. The normalized spacial score (nSPS) is 31.7. The molecule has 3 saturated heterocycles. The number of nitrogens with one attached hydrogen (secondary N) is 2. The second-order valence-corrected chi connectivity index (χ2v) is 8.54. The molecule has 3 amide bonds. The van der Waals surface area contributed by atoms with Gasteiger partial charge in [-0.05, 0) is 44.2 Å². The summed E-state index contributed by atoms with van der Waals surface area (Å²) in [6.07, 6.45) is 1.20. The molecule has 8 nitrogen and oxygen atoms in total. The molecule has 3 heterocycles. The number of hydrogen-bond acceptors (Lipinski definition) is 5. The summed E-state index contributed by atoms with van der Waals surface area (Å²) in [5, 5.41) is 15.0. The van der Waals surface area contributed by atoms with Crippen molar-refractivity contribution < 1.29 is 24.2 Å². The van der Waals surface area contributed by atoms with Crippen LogP contribution >= 0.6 is 0 Å². The highest BCUT2D eigenvalue weighted by molar-refractivity contribution is 6.04. The van der Waals surface area contributed by atoms with Crippen molar-refractivity contribution in [2.24, 2.45) is 11.8 Å². The highest BCUT2D eigenvalue weighted by Crippen LogP contribution is 2.58. The average molecular weight is 415 g/mol. The van der Waals surface area contributed by atoms with Crippen molar-refractivity contribution in [1.29, 1.82) is 0 Å². The van der Waals surface area contributed by atoms with Gasteiger partial charge in [0.25, 0.3) is 0 Å². The number of aryl methyl sites for hydroxylation is 2. The minimum atomic E-state index is -1.00. The van der Waals surface area contributed by atoms with E-state index in [0.717, 1.165) is 16.8 Å². The van der Waals surface area contributed by atoms with E-state index in [1.165, 1.54) is 4.90 Å². The van der Waals surface area contributed by atoms with Gasteiger partial charge in [0.15, 0.2) is 0 Å². The molecule has 1 spiro atoms. The lowest BCUT2D eigenvalue weighted by molar-refractivity contribution is -0.140. The van der Waals surface area contributed by atoms with E-state index >= 15 is 0 Å². The van der Waals surface area contributed by atoms with Gasteiger partial charge in [0, 0.05) is 25.9 Å². The van der Waals surface area contributed by atoms with E-state index in [-0.39, 0.29) is 37.0 Å². The largest absolute Gasteiger partial charge is 0.396 e. The molecule has 0 aromatic heterocycles. The van der Waals surface area contributed by atoms with Gasteiger partial charge >= 0.3 is 0 Å². The molecule has 162 valence electrons. The first kappa shape index (κ1) is 20.8. The molecule has 3 N–H and O–H groups in total. The maximum absolute atomic E-state index is 13.6. The Kier molecular flexibility index (Phi) is 5.32. The van der Waals surface area contributed by atoms with Gasteiger partial charge in [-0.3, -0.25) is 14.4 Å². The number of ether oxygens (including phenoxy) is 1. The molecule has 3 aliphatic heterocycles. The number of hydrogen-bond donors (Lipinski definition) is 3. The predicted molar refractivity (Wildman–Crippen MR) is 110 cm³/mol. The SMILES string of the molecule is CNC(=O)[C@@H]1[C@@H]2CCC3(O2)C(C(=O)Nc2c(C)cccc2C)N(CCCO)C(=O)[C@H]13. The van der Waals surface area contributed by atoms with E-state index in [0.29, 0.717) is 19.3 Å². The van der Waals surface area contributed by atoms with Crippen molar-refractivity contribution >= 4 is 23.4 Å². The van der Waals surface area contributed by atoms with Crippen molar-refractivity contribution in [3.8, 4) is 0 Å². The second-order valence-electron chi connectivity index (χ2n) is 8.54.